The molecule has 0 aliphatic carbocycles. The van der Waals surface area contributed by atoms with Gasteiger partial charge in [0.25, 0.3) is 12.4 Å². The third kappa shape index (κ3) is 3.23. The number of carbonyl (C=O) groups is 3. The van der Waals surface area contributed by atoms with Crippen molar-refractivity contribution in [2.75, 3.05) is 26.7 Å². The van der Waals surface area contributed by atoms with Crippen LogP contribution in [0.4, 0.5) is 0 Å². The number of likely N-dealkylation sites (N-methyl/N-ethyl adjacent to an activating group) is 1. The molecule has 1 aromatic heterocycles. The normalized spacial score (nSPS) is 26.7. The Balaban J connectivity index is 0.000000647. The number of carboxylic acid groups (broad SMARTS) is 2. The Morgan fingerprint density at radius 2 is 2.12 bits per heavy atom. The predicted octanol–water partition coefficient (Wildman–Crippen LogP) is -0.483. The van der Waals surface area contributed by atoms with Crippen molar-refractivity contribution in [1.29, 1.82) is 0 Å². The van der Waals surface area contributed by atoms with Gasteiger partial charge in [-0.15, -0.1) is 0 Å². The predicted molar refractivity (Wildman–Crippen MR) is 81.3 cm³/mol. The second-order valence-corrected chi connectivity index (χ2v) is 6.02. The van der Waals surface area contributed by atoms with Crippen molar-refractivity contribution in [2.45, 2.75) is 25.3 Å². The highest BCUT2D eigenvalue weighted by molar-refractivity contribution is 5.92. The van der Waals surface area contributed by atoms with Gasteiger partial charge in [0.15, 0.2) is 5.69 Å². The minimum atomic E-state index is -0.743. The van der Waals surface area contributed by atoms with E-state index in [0.717, 1.165) is 13.0 Å². The van der Waals surface area contributed by atoms with E-state index in [1.165, 1.54) is 6.20 Å². The molecule has 0 bridgehead atoms. The van der Waals surface area contributed by atoms with Crippen molar-refractivity contribution < 1.29 is 24.6 Å². The zero-order valence-corrected chi connectivity index (χ0v) is 13.4. The number of piperidine rings is 2. The molecule has 10 heteroatoms. The van der Waals surface area contributed by atoms with Crippen molar-refractivity contribution >= 4 is 18.3 Å². The van der Waals surface area contributed by atoms with Crippen LogP contribution >= 0.6 is 0 Å². The number of aromatic amines is 1. The Kier molecular flexibility index (Phi) is 5.50. The van der Waals surface area contributed by atoms with Crippen LogP contribution < -0.4 is 0 Å². The quantitative estimate of drug-likeness (QED) is 0.614. The SMILES string of the molecule is CN1CCC[C@]2(C(=O)O)CCN(C(=O)c3cn[nH]n3)C[C@@H]12.O=CO. The van der Waals surface area contributed by atoms with E-state index in [1.807, 2.05) is 7.05 Å². The average molecular weight is 339 g/mol. The summed E-state index contributed by atoms with van der Waals surface area (Å²) in [7, 11) is 1.94. The molecule has 1 amide bonds. The zero-order chi connectivity index (χ0) is 17.7. The van der Waals surface area contributed by atoms with Crippen LogP contribution in [0.15, 0.2) is 6.20 Å². The molecular formula is C14H21N5O5. The van der Waals surface area contributed by atoms with Gasteiger partial charge in [0.05, 0.1) is 11.6 Å². The summed E-state index contributed by atoms with van der Waals surface area (Å²) in [5.74, 6) is -0.936. The number of aromatic nitrogens is 3. The summed E-state index contributed by atoms with van der Waals surface area (Å²) in [6, 6.07) is -0.145. The Morgan fingerprint density at radius 1 is 1.42 bits per heavy atom. The van der Waals surface area contributed by atoms with Gasteiger partial charge in [-0.1, -0.05) is 0 Å². The maximum absolute atomic E-state index is 12.4. The van der Waals surface area contributed by atoms with Crippen LogP contribution in [0.2, 0.25) is 0 Å². The van der Waals surface area contributed by atoms with E-state index in [2.05, 4.69) is 20.3 Å². The summed E-state index contributed by atoms with van der Waals surface area (Å²) >= 11 is 0. The molecule has 24 heavy (non-hydrogen) atoms. The van der Waals surface area contributed by atoms with Gasteiger partial charge in [-0.3, -0.25) is 14.4 Å². The van der Waals surface area contributed by atoms with Crippen molar-refractivity contribution in [1.82, 2.24) is 25.2 Å². The molecule has 2 aliphatic heterocycles. The number of nitrogens with one attached hydrogen (secondary N) is 1. The monoisotopic (exact) mass is 339 g/mol. The molecule has 10 nitrogen and oxygen atoms in total. The molecule has 2 atom stereocenters. The van der Waals surface area contributed by atoms with Crippen LogP contribution in [-0.2, 0) is 9.59 Å². The van der Waals surface area contributed by atoms with E-state index >= 15 is 0 Å². The van der Waals surface area contributed by atoms with E-state index in [-0.39, 0.29) is 24.1 Å². The maximum atomic E-state index is 12.4. The lowest BCUT2D eigenvalue weighted by Crippen LogP contribution is -2.63. The van der Waals surface area contributed by atoms with Crippen LogP contribution in [0.25, 0.3) is 0 Å². The molecule has 2 saturated heterocycles. The first-order chi connectivity index (χ1) is 11.5. The minimum Gasteiger partial charge on any atom is -0.483 e. The highest BCUT2D eigenvalue weighted by Crippen LogP contribution is 2.42. The zero-order valence-electron chi connectivity index (χ0n) is 13.4. The fraction of sp³-hybridized carbons (Fsp3) is 0.643. The number of hydrogen-bond acceptors (Lipinski definition) is 6. The first-order valence-corrected chi connectivity index (χ1v) is 7.63. The number of carboxylic acids is 1. The van der Waals surface area contributed by atoms with Crippen molar-refractivity contribution in [3.05, 3.63) is 11.9 Å². The lowest BCUT2D eigenvalue weighted by Gasteiger charge is -2.51. The number of carbonyl (C=O) groups excluding carboxylic acids is 1. The van der Waals surface area contributed by atoms with Gasteiger partial charge in [0.2, 0.25) is 0 Å². The maximum Gasteiger partial charge on any atom is 0.311 e. The highest BCUT2D eigenvalue weighted by atomic mass is 16.4. The number of likely N-dealkylation sites (tertiary alicyclic amines) is 2. The number of nitrogens with zero attached hydrogens (tertiary/aromatic N) is 4. The van der Waals surface area contributed by atoms with Crippen LogP contribution in [0, 0.1) is 5.41 Å². The molecule has 0 spiro atoms. The Bertz CT molecular complexity index is 592. The third-order valence-corrected chi connectivity index (χ3v) is 4.87. The fourth-order valence-corrected chi connectivity index (χ4v) is 3.64. The van der Waals surface area contributed by atoms with E-state index in [4.69, 9.17) is 9.90 Å². The molecule has 0 radical (unpaired) electrons. The Labute approximate surface area is 138 Å². The molecule has 3 heterocycles. The number of aliphatic carboxylic acids is 1. The molecule has 0 saturated carbocycles. The standard InChI is InChI=1S/C13H19N5O3.CH2O2/c1-17-5-2-3-13(12(20)21)4-6-18(8-10(13)17)11(19)9-7-14-16-15-9;2-1-3/h7,10H,2-6,8H2,1H3,(H,20,21)(H,14,15,16);1H,(H,2,3)/t10-,13+;/m1./s1. The van der Waals surface area contributed by atoms with Gasteiger partial charge in [0.1, 0.15) is 0 Å². The second kappa shape index (κ2) is 7.39. The van der Waals surface area contributed by atoms with Gasteiger partial charge in [-0.25, -0.2) is 0 Å². The molecule has 0 unspecified atom stereocenters. The summed E-state index contributed by atoms with van der Waals surface area (Å²) in [5, 5.41) is 26.5. The molecular weight excluding hydrogens is 318 g/mol. The topological polar surface area (TPSA) is 140 Å². The van der Waals surface area contributed by atoms with Gasteiger partial charge >= 0.3 is 5.97 Å². The number of rotatable bonds is 2. The average Bonchev–Trinajstić information content (AvgIpc) is 3.09. The van der Waals surface area contributed by atoms with E-state index < -0.39 is 11.4 Å². The molecule has 3 N–H and O–H groups in total. The summed E-state index contributed by atoms with van der Waals surface area (Å²) in [6.45, 7) is 1.49. The van der Waals surface area contributed by atoms with Crippen LogP contribution in [0.1, 0.15) is 29.8 Å². The van der Waals surface area contributed by atoms with Crippen molar-refractivity contribution in [3.63, 3.8) is 0 Å². The molecule has 3 rings (SSSR count). The summed E-state index contributed by atoms with van der Waals surface area (Å²) in [6.07, 6.45) is 3.45. The van der Waals surface area contributed by atoms with Gasteiger partial charge in [-0.2, -0.15) is 15.4 Å². The second-order valence-electron chi connectivity index (χ2n) is 6.02. The summed E-state index contributed by atoms with van der Waals surface area (Å²) in [4.78, 5) is 36.3. The van der Waals surface area contributed by atoms with Gasteiger partial charge in [-0.05, 0) is 32.9 Å². The largest absolute Gasteiger partial charge is 0.483 e. The van der Waals surface area contributed by atoms with E-state index in [0.29, 0.717) is 25.9 Å². The third-order valence-electron chi connectivity index (χ3n) is 4.87. The minimum absolute atomic E-state index is 0.145. The lowest BCUT2D eigenvalue weighted by atomic mass is 9.68. The number of fused-ring (bicyclic) bond motifs is 1. The van der Waals surface area contributed by atoms with Gasteiger partial charge in [0, 0.05) is 19.1 Å². The summed E-state index contributed by atoms with van der Waals surface area (Å²) < 4.78 is 0. The fourth-order valence-electron chi connectivity index (χ4n) is 3.64. The Morgan fingerprint density at radius 3 is 2.71 bits per heavy atom. The number of H-pyrrole nitrogens is 1. The van der Waals surface area contributed by atoms with Crippen molar-refractivity contribution in [3.8, 4) is 0 Å². The van der Waals surface area contributed by atoms with Crippen molar-refractivity contribution in [2.24, 2.45) is 5.41 Å². The van der Waals surface area contributed by atoms with Crippen LogP contribution in [-0.4, -0.2) is 86.5 Å². The first kappa shape index (κ1) is 17.9. The lowest BCUT2D eigenvalue weighted by molar-refractivity contribution is -0.161. The molecule has 2 fully saturated rings. The van der Waals surface area contributed by atoms with E-state index in [9.17, 15) is 14.7 Å². The van der Waals surface area contributed by atoms with Crippen LogP contribution in [0.5, 0.6) is 0 Å². The number of hydrogen-bond donors (Lipinski definition) is 3. The van der Waals surface area contributed by atoms with Gasteiger partial charge < -0.3 is 20.0 Å². The molecule has 1 aromatic rings. The Hall–Kier alpha value is -2.49. The highest BCUT2D eigenvalue weighted by Gasteiger charge is 2.52. The van der Waals surface area contributed by atoms with Crippen LogP contribution in [0.3, 0.4) is 0 Å². The van der Waals surface area contributed by atoms with E-state index in [1.54, 1.807) is 4.90 Å². The number of amides is 1. The summed E-state index contributed by atoms with van der Waals surface area (Å²) in [5.41, 5.74) is -0.454. The smallest absolute Gasteiger partial charge is 0.311 e. The first-order valence-electron chi connectivity index (χ1n) is 7.63. The molecule has 0 aromatic carbocycles. The molecule has 132 valence electrons. The molecule has 2 aliphatic rings.